The Hall–Kier alpha value is -4.04. The molecular weight excluding hydrogens is 504 g/mol. The minimum absolute atomic E-state index is 0.0772. The van der Waals surface area contributed by atoms with Crippen LogP contribution in [0.1, 0.15) is 68.8 Å². The van der Waals surface area contributed by atoms with Crippen molar-refractivity contribution in [3.63, 3.8) is 0 Å². The van der Waals surface area contributed by atoms with E-state index >= 15 is 0 Å². The van der Waals surface area contributed by atoms with E-state index in [0.29, 0.717) is 50.8 Å². The summed E-state index contributed by atoms with van der Waals surface area (Å²) in [5.74, 6) is 2.85. The number of hydrogen-bond acceptors (Lipinski definition) is 7. The third kappa shape index (κ3) is 5.63. The summed E-state index contributed by atoms with van der Waals surface area (Å²) in [5, 5.41) is 4.13. The van der Waals surface area contributed by atoms with Gasteiger partial charge in [-0.3, -0.25) is 4.79 Å². The normalized spacial score (nSPS) is 16.1. The van der Waals surface area contributed by atoms with Gasteiger partial charge in [0.15, 0.2) is 0 Å². The van der Waals surface area contributed by atoms with Crippen LogP contribution in [-0.2, 0) is 17.7 Å². The first-order chi connectivity index (χ1) is 19.5. The fourth-order valence-corrected chi connectivity index (χ4v) is 5.33. The molecular formula is C32H34N4O4. The molecule has 0 unspecified atom stereocenters. The van der Waals surface area contributed by atoms with Crippen LogP contribution in [0.4, 0.5) is 0 Å². The molecule has 3 heterocycles. The highest BCUT2D eigenvalue weighted by molar-refractivity contribution is 5.95. The zero-order valence-corrected chi connectivity index (χ0v) is 23.3. The summed E-state index contributed by atoms with van der Waals surface area (Å²) in [6.07, 6.45) is 4.64. The summed E-state index contributed by atoms with van der Waals surface area (Å²) in [4.78, 5) is 24.7. The smallest absolute Gasteiger partial charge is 0.257 e. The zero-order valence-electron chi connectivity index (χ0n) is 23.3. The third-order valence-corrected chi connectivity index (χ3v) is 7.59. The Balaban J connectivity index is 1.29. The molecule has 0 N–H and O–H groups in total. The number of nitrogens with zero attached hydrogens (tertiary/aromatic N) is 4. The Labute approximate surface area is 234 Å². The quantitative estimate of drug-likeness (QED) is 0.336. The van der Waals surface area contributed by atoms with Gasteiger partial charge < -0.3 is 18.9 Å². The highest BCUT2D eigenvalue weighted by Crippen LogP contribution is 2.38. The maximum Gasteiger partial charge on any atom is 0.257 e. The van der Waals surface area contributed by atoms with E-state index < -0.39 is 0 Å². The van der Waals surface area contributed by atoms with Crippen molar-refractivity contribution < 1.29 is 18.8 Å². The Bertz CT molecular complexity index is 1520. The number of ether oxygens (including phenoxy) is 2. The van der Waals surface area contributed by atoms with Crippen molar-refractivity contribution in [3.8, 4) is 16.9 Å². The molecule has 6 rings (SSSR count). The van der Waals surface area contributed by atoms with Crippen LogP contribution in [0.15, 0.2) is 53.2 Å². The van der Waals surface area contributed by atoms with Gasteiger partial charge in [-0.15, -0.1) is 0 Å². The maximum absolute atomic E-state index is 13.7. The second kappa shape index (κ2) is 11.2. The first-order valence-corrected chi connectivity index (χ1v) is 13.9. The third-order valence-electron chi connectivity index (χ3n) is 7.59. The van der Waals surface area contributed by atoms with Crippen molar-refractivity contribution in [1.29, 1.82) is 0 Å². The molecule has 8 nitrogen and oxygen atoms in total. The molecule has 8 heteroatoms. The van der Waals surface area contributed by atoms with Gasteiger partial charge in [-0.25, -0.2) is 9.97 Å². The SMILES string of the molecule is Cc1nc(C2CC2)ncc1C(=O)N1CCOCCOc2ccc(-c3c(C)noc3C)cc2Cc2cccc(c2)C1. The van der Waals surface area contributed by atoms with E-state index in [2.05, 4.69) is 45.5 Å². The monoisotopic (exact) mass is 538 g/mol. The molecule has 1 saturated carbocycles. The highest BCUT2D eigenvalue weighted by atomic mass is 16.5. The number of carbonyl (C=O) groups excluding carboxylic acids is 1. The van der Waals surface area contributed by atoms with E-state index in [9.17, 15) is 4.79 Å². The van der Waals surface area contributed by atoms with Crippen molar-refractivity contribution in [1.82, 2.24) is 20.0 Å². The number of amides is 1. The van der Waals surface area contributed by atoms with Gasteiger partial charge in [0.2, 0.25) is 0 Å². The van der Waals surface area contributed by atoms with Crippen LogP contribution in [-0.4, -0.2) is 52.3 Å². The van der Waals surface area contributed by atoms with Crippen LogP contribution < -0.4 is 4.74 Å². The number of hydrogen-bond donors (Lipinski definition) is 0. The van der Waals surface area contributed by atoms with Crippen molar-refractivity contribution in [2.24, 2.45) is 0 Å². The average molecular weight is 539 g/mol. The van der Waals surface area contributed by atoms with Crippen LogP contribution in [0, 0.1) is 20.8 Å². The van der Waals surface area contributed by atoms with Crippen LogP contribution >= 0.6 is 0 Å². The summed E-state index contributed by atoms with van der Waals surface area (Å²) in [7, 11) is 0. The molecule has 2 aliphatic rings. The molecule has 2 aromatic carbocycles. The summed E-state index contributed by atoms with van der Waals surface area (Å²) in [5.41, 5.74) is 7.48. The van der Waals surface area contributed by atoms with E-state index in [0.717, 1.165) is 69.4 Å². The molecule has 1 fully saturated rings. The van der Waals surface area contributed by atoms with Gasteiger partial charge in [0.05, 0.1) is 30.2 Å². The van der Waals surface area contributed by atoms with Crippen molar-refractivity contribution >= 4 is 5.91 Å². The van der Waals surface area contributed by atoms with E-state index in [-0.39, 0.29) is 5.91 Å². The fourth-order valence-electron chi connectivity index (χ4n) is 5.33. The topological polar surface area (TPSA) is 90.6 Å². The number of aromatic nitrogens is 3. The number of carbonyl (C=O) groups is 1. The lowest BCUT2D eigenvalue weighted by molar-refractivity contribution is 0.0570. The second-order valence-corrected chi connectivity index (χ2v) is 10.7. The maximum atomic E-state index is 13.7. The number of fused-ring (bicyclic) bond motifs is 3. The Morgan fingerprint density at radius 2 is 1.82 bits per heavy atom. The minimum Gasteiger partial charge on any atom is -0.491 e. The minimum atomic E-state index is -0.0772. The van der Waals surface area contributed by atoms with E-state index in [4.69, 9.17) is 14.0 Å². The molecule has 0 spiro atoms. The van der Waals surface area contributed by atoms with Crippen LogP contribution in [0.25, 0.3) is 11.1 Å². The number of rotatable bonds is 3. The molecule has 2 bridgehead atoms. The van der Waals surface area contributed by atoms with Crippen molar-refractivity contribution in [2.45, 2.75) is 52.5 Å². The summed E-state index contributed by atoms with van der Waals surface area (Å²) >= 11 is 0. The van der Waals surface area contributed by atoms with Gasteiger partial charge in [0.1, 0.15) is 23.9 Å². The predicted octanol–water partition coefficient (Wildman–Crippen LogP) is 5.58. The van der Waals surface area contributed by atoms with Crippen LogP contribution in [0.2, 0.25) is 0 Å². The lowest BCUT2D eigenvalue weighted by Crippen LogP contribution is -2.34. The Morgan fingerprint density at radius 3 is 2.60 bits per heavy atom. The Kier molecular flexibility index (Phi) is 7.34. The molecule has 1 aliphatic carbocycles. The highest BCUT2D eigenvalue weighted by Gasteiger charge is 2.28. The van der Waals surface area contributed by atoms with Gasteiger partial charge in [0, 0.05) is 37.2 Å². The molecule has 206 valence electrons. The molecule has 1 amide bonds. The van der Waals surface area contributed by atoms with Gasteiger partial charge in [-0.05, 0) is 68.0 Å². The van der Waals surface area contributed by atoms with Gasteiger partial charge in [-0.2, -0.15) is 0 Å². The zero-order chi connectivity index (χ0) is 27.6. The standard InChI is InChI=1S/C32H34N4O4/c1-20-28(18-33-31(34-20)25-7-8-25)32(37)36-11-12-38-13-14-39-29-10-9-26(30-21(2)35-40-22(30)3)17-27(29)16-23-5-4-6-24(15-23)19-36/h4-6,9-10,15,17-18,25H,7-8,11-14,16,19H2,1-3H3. The van der Waals surface area contributed by atoms with Crippen molar-refractivity contribution in [3.05, 3.63) is 93.9 Å². The Morgan fingerprint density at radius 1 is 0.975 bits per heavy atom. The van der Waals surface area contributed by atoms with Gasteiger partial charge in [0.25, 0.3) is 5.91 Å². The van der Waals surface area contributed by atoms with E-state index in [1.807, 2.05) is 37.8 Å². The summed E-state index contributed by atoms with van der Waals surface area (Å²) in [6.45, 7) is 7.98. The van der Waals surface area contributed by atoms with Gasteiger partial charge in [-0.1, -0.05) is 35.5 Å². The van der Waals surface area contributed by atoms with Crippen LogP contribution in [0.3, 0.4) is 0 Å². The fraction of sp³-hybridized carbons (Fsp3) is 0.375. The number of benzene rings is 2. The van der Waals surface area contributed by atoms with Crippen LogP contribution in [0.5, 0.6) is 5.75 Å². The molecule has 0 saturated heterocycles. The number of aryl methyl sites for hydroxylation is 3. The largest absolute Gasteiger partial charge is 0.491 e. The van der Waals surface area contributed by atoms with Crippen molar-refractivity contribution in [2.75, 3.05) is 26.4 Å². The van der Waals surface area contributed by atoms with E-state index in [1.54, 1.807) is 6.20 Å². The predicted molar refractivity (Wildman–Crippen MR) is 150 cm³/mol. The summed E-state index contributed by atoms with van der Waals surface area (Å²) < 4.78 is 17.5. The molecule has 0 atom stereocenters. The molecule has 1 aliphatic heterocycles. The molecule has 4 aromatic rings. The first-order valence-electron chi connectivity index (χ1n) is 13.9. The molecule has 2 aromatic heterocycles. The van der Waals surface area contributed by atoms with E-state index in [1.165, 1.54) is 0 Å². The second-order valence-electron chi connectivity index (χ2n) is 10.7. The first kappa shape index (κ1) is 26.2. The summed E-state index contributed by atoms with van der Waals surface area (Å²) in [6, 6.07) is 14.6. The molecule has 40 heavy (non-hydrogen) atoms. The molecule has 0 radical (unpaired) electrons. The lowest BCUT2D eigenvalue weighted by atomic mass is 9.96. The lowest BCUT2D eigenvalue weighted by Gasteiger charge is -2.24. The average Bonchev–Trinajstić information content (AvgIpc) is 3.74. The van der Waals surface area contributed by atoms with Gasteiger partial charge >= 0.3 is 0 Å².